The molecule has 0 saturated heterocycles. The van der Waals surface area contributed by atoms with Crippen molar-refractivity contribution in [1.29, 1.82) is 0 Å². The molecule has 0 amide bonds. The highest BCUT2D eigenvalue weighted by Crippen LogP contribution is 2.51. The first-order chi connectivity index (χ1) is 27.5. The predicted octanol–water partition coefficient (Wildman–Crippen LogP) is 15.4. The molecule has 0 spiro atoms. The average Bonchev–Trinajstić information content (AvgIpc) is 3.49. The monoisotopic (exact) mass is 713 g/mol. The van der Waals surface area contributed by atoms with Crippen LogP contribution in [0.4, 0.5) is 17.1 Å². The predicted molar refractivity (Wildman–Crippen MR) is 240 cm³/mol. The van der Waals surface area contributed by atoms with Crippen molar-refractivity contribution in [2.45, 2.75) is 19.3 Å². The van der Waals surface area contributed by atoms with Gasteiger partial charge in [0.05, 0.1) is 0 Å². The molecular formula is C55H39N. The molecule has 0 unspecified atom stereocenters. The maximum absolute atomic E-state index is 2.41. The van der Waals surface area contributed by atoms with Crippen LogP contribution in [0.2, 0.25) is 0 Å². The quantitative estimate of drug-likeness (QED) is 0.161. The molecule has 0 radical (unpaired) electrons. The molecule has 1 aliphatic rings. The van der Waals surface area contributed by atoms with Gasteiger partial charge in [-0.25, -0.2) is 0 Å². The van der Waals surface area contributed by atoms with Crippen molar-refractivity contribution in [2.24, 2.45) is 0 Å². The van der Waals surface area contributed by atoms with Crippen LogP contribution < -0.4 is 4.90 Å². The largest absolute Gasteiger partial charge is 0.310 e. The fourth-order valence-corrected chi connectivity index (χ4v) is 9.38. The van der Waals surface area contributed by atoms with Crippen LogP contribution in [0.3, 0.4) is 0 Å². The zero-order chi connectivity index (χ0) is 37.4. The molecule has 0 aliphatic heterocycles. The van der Waals surface area contributed by atoms with E-state index < -0.39 is 0 Å². The van der Waals surface area contributed by atoms with Gasteiger partial charge in [-0.15, -0.1) is 0 Å². The van der Waals surface area contributed by atoms with Gasteiger partial charge in [0.1, 0.15) is 0 Å². The van der Waals surface area contributed by atoms with E-state index >= 15 is 0 Å². The molecular weight excluding hydrogens is 675 g/mol. The Balaban J connectivity index is 1.06. The number of fused-ring (bicyclic) bond motifs is 10. The van der Waals surface area contributed by atoms with Crippen LogP contribution in [-0.4, -0.2) is 0 Å². The molecule has 1 aliphatic carbocycles. The lowest BCUT2D eigenvalue weighted by atomic mass is 9.82. The van der Waals surface area contributed by atoms with E-state index in [1.807, 2.05) is 0 Å². The Morgan fingerprint density at radius 3 is 1.68 bits per heavy atom. The molecule has 0 heterocycles. The summed E-state index contributed by atoms with van der Waals surface area (Å²) in [5.74, 6) is 0. The van der Waals surface area contributed by atoms with Gasteiger partial charge in [-0.3, -0.25) is 0 Å². The Morgan fingerprint density at radius 1 is 0.321 bits per heavy atom. The Labute approximate surface area is 327 Å². The van der Waals surface area contributed by atoms with Crippen LogP contribution in [-0.2, 0) is 5.41 Å². The summed E-state index contributed by atoms with van der Waals surface area (Å²) in [5.41, 5.74) is 13.5. The summed E-state index contributed by atoms with van der Waals surface area (Å²) in [7, 11) is 0. The van der Waals surface area contributed by atoms with Crippen LogP contribution in [0, 0.1) is 0 Å². The number of nitrogens with zero attached hydrogens (tertiary/aromatic N) is 1. The van der Waals surface area contributed by atoms with Gasteiger partial charge in [-0.1, -0.05) is 172 Å². The summed E-state index contributed by atoms with van der Waals surface area (Å²) >= 11 is 0. The van der Waals surface area contributed by atoms with E-state index in [1.54, 1.807) is 0 Å². The van der Waals surface area contributed by atoms with Gasteiger partial charge in [0.2, 0.25) is 0 Å². The minimum Gasteiger partial charge on any atom is -0.310 e. The zero-order valence-electron chi connectivity index (χ0n) is 31.5. The van der Waals surface area contributed by atoms with Gasteiger partial charge >= 0.3 is 0 Å². The fourth-order valence-electron chi connectivity index (χ4n) is 9.38. The first-order valence-electron chi connectivity index (χ1n) is 19.6. The second-order valence-corrected chi connectivity index (χ2v) is 15.7. The van der Waals surface area contributed by atoms with Crippen molar-refractivity contribution in [2.75, 3.05) is 4.90 Å². The maximum Gasteiger partial charge on any atom is 0.0468 e. The maximum atomic E-state index is 2.41. The molecule has 1 heteroatoms. The molecule has 10 aromatic carbocycles. The number of hydrogen-bond donors (Lipinski definition) is 0. The summed E-state index contributed by atoms with van der Waals surface area (Å²) in [6.07, 6.45) is 0. The van der Waals surface area contributed by atoms with Gasteiger partial charge in [0.15, 0.2) is 0 Å². The third kappa shape index (κ3) is 5.08. The summed E-state index contributed by atoms with van der Waals surface area (Å²) in [6.45, 7) is 4.69. The van der Waals surface area contributed by atoms with Crippen LogP contribution >= 0.6 is 0 Å². The van der Waals surface area contributed by atoms with Gasteiger partial charge in [-0.2, -0.15) is 0 Å². The lowest BCUT2D eigenvalue weighted by Crippen LogP contribution is -2.15. The highest BCUT2D eigenvalue weighted by molar-refractivity contribution is 6.27. The third-order valence-electron chi connectivity index (χ3n) is 12.2. The Bertz CT molecular complexity index is 3150. The van der Waals surface area contributed by atoms with Crippen molar-refractivity contribution in [1.82, 2.24) is 0 Å². The van der Waals surface area contributed by atoms with E-state index in [2.05, 4.69) is 219 Å². The number of anilines is 3. The molecule has 264 valence electrons. The minimum absolute atomic E-state index is 0.0483. The van der Waals surface area contributed by atoms with Crippen LogP contribution in [0.15, 0.2) is 200 Å². The lowest BCUT2D eigenvalue weighted by Gasteiger charge is -2.28. The summed E-state index contributed by atoms with van der Waals surface area (Å²) < 4.78 is 0. The zero-order valence-corrected chi connectivity index (χ0v) is 31.5. The topological polar surface area (TPSA) is 3.24 Å². The Hall–Kier alpha value is -6.96. The summed E-state index contributed by atoms with van der Waals surface area (Å²) in [4.78, 5) is 2.41. The van der Waals surface area contributed by atoms with Crippen molar-refractivity contribution in [3.05, 3.63) is 211 Å². The lowest BCUT2D eigenvalue weighted by molar-refractivity contribution is 0.660. The van der Waals surface area contributed by atoms with Gasteiger partial charge in [-0.05, 0) is 130 Å². The average molecular weight is 714 g/mol. The first-order valence-corrected chi connectivity index (χ1v) is 19.6. The summed E-state index contributed by atoms with van der Waals surface area (Å²) in [6, 6.07) is 74.0. The molecule has 0 atom stereocenters. The molecule has 1 nitrogen and oxygen atoms in total. The van der Waals surface area contributed by atoms with Crippen LogP contribution in [0.25, 0.3) is 76.5 Å². The normalized spacial score (nSPS) is 13.0. The smallest absolute Gasteiger partial charge is 0.0468 e. The molecule has 10 aromatic rings. The van der Waals surface area contributed by atoms with E-state index in [1.165, 1.54) is 87.6 Å². The molecule has 0 saturated carbocycles. The molecule has 0 aromatic heterocycles. The minimum atomic E-state index is -0.0483. The van der Waals surface area contributed by atoms with Gasteiger partial charge in [0, 0.05) is 22.5 Å². The van der Waals surface area contributed by atoms with Crippen molar-refractivity contribution >= 4 is 60.2 Å². The van der Waals surface area contributed by atoms with Gasteiger partial charge in [0.25, 0.3) is 0 Å². The van der Waals surface area contributed by atoms with Crippen molar-refractivity contribution in [3.63, 3.8) is 0 Å². The number of benzene rings is 10. The first kappa shape index (κ1) is 32.5. The van der Waals surface area contributed by atoms with Crippen molar-refractivity contribution in [3.8, 4) is 33.4 Å². The summed E-state index contributed by atoms with van der Waals surface area (Å²) in [5, 5.41) is 10.3. The van der Waals surface area contributed by atoms with Crippen LogP contribution in [0.5, 0.6) is 0 Å². The van der Waals surface area contributed by atoms with E-state index in [0.717, 1.165) is 17.1 Å². The molecule has 0 fully saturated rings. The van der Waals surface area contributed by atoms with E-state index in [-0.39, 0.29) is 5.41 Å². The van der Waals surface area contributed by atoms with E-state index in [0.29, 0.717) is 0 Å². The number of rotatable bonds is 5. The molecule has 0 N–H and O–H groups in total. The van der Waals surface area contributed by atoms with Crippen LogP contribution in [0.1, 0.15) is 25.0 Å². The van der Waals surface area contributed by atoms with E-state index in [9.17, 15) is 0 Å². The standard InChI is InChI=1S/C55H39N/c1-55(2)51-18-9-8-17-49(51)50-35-46(30-32-52(50)55)56(44-28-25-37(26-29-44)36-11-4-3-5-12-36)45-15-10-14-41(34-45)42-27-31-48-43(33-42)24-23-40-22-21-39-20-19-38-13-6-7-16-47(38)53(39)54(40)48/h3-35H,1-2H3. The highest BCUT2D eigenvalue weighted by atomic mass is 15.1. The molecule has 0 bridgehead atoms. The fraction of sp³-hybridized carbons (Fsp3) is 0.0545. The number of hydrogen-bond acceptors (Lipinski definition) is 1. The van der Waals surface area contributed by atoms with Crippen molar-refractivity contribution < 1.29 is 0 Å². The second-order valence-electron chi connectivity index (χ2n) is 15.7. The molecule has 11 rings (SSSR count). The van der Waals surface area contributed by atoms with E-state index in [4.69, 9.17) is 0 Å². The molecule has 56 heavy (non-hydrogen) atoms. The Kier molecular flexibility index (Phi) is 7.28. The third-order valence-corrected chi connectivity index (χ3v) is 12.2. The Morgan fingerprint density at radius 2 is 0.875 bits per heavy atom. The highest BCUT2D eigenvalue weighted by Gasteiger charge is 2.35. The van der Waals surface area contributed by atoms with Gasteiger partial charge < -0.3 is 4.90 Å². The SMILES string of the molecule is CC1(C)c2ccccc2-c2cc(N(c3ccc(-c4ccccc4)cc3)c3cccc(-c4ccc5c(ccc6ccc7ccc8ccccc8c7c65)c4)c3)ccc21. The second kappa shape index (κ2) is 12.5.